The lowest BCUT2D eigenvalue weighted by Gasteiger charge is -2.17. The predicted octanol–water partition coefficient (Wildman–Crippen LogP) is 4.88. The number of para-hydroxylation sites is 2. The van der Waals surface area contributed by atoms with Crippen LogP contribution in [0.2, 0.25) is 0 Å². The quantitative estimate of drug-likeness (QED) is 0.259. The number of carbonyl (C=O) groups excluding carboxylic acids is 1. The molecule has 0 aliphatic carbocycles. The lowest BCUT2D eigenvalue weighted by molar-refractivity contribution is -0.275. The number of anilines is 1. The van der Waals surface area contributed by atoms with Gasteiger partial charge in [0, 0.05) is 18.0 Å². The lowest BCUT2D eigenvalue weighted by atomic mass is 10.1. The van der Waals surface area contributed by atoms with Crippen LogP contribution >= 0.6 is 7.82 Å². The van der Waals surface area contributed by atoms with Gasteiger partial charge in [-0.05, 0) is 36.4 Å². The van der Waals surface area contributed by atoms with Gasteiger partial charge in [-0.2, -0.15) is 13.2 Å². The Kier molecular flexibility index (Phi) is 8.21. The third-order valence-corrected chi connectivity index (χ3v) is 4.92. The van der Waals surface area contributed by atoms with E-state index < -0.39 is 66.9 Å². The van der Waals surface area contributed by atoms with Gasteiger partial charge < -0.3 is 24.6 Å². The Balaban J connectivity index is 1.94. The molecule has 0 aliphatic heterocycles. The molecule has 0 spiro atoms. The van der Waals surface area contributed by atoms with Gasteiger partial charge in [-0.1, -0.05) is 12.1 Å². The number of nitrogens with zero attached hydrogens (tertiary/aromatic N) is 1. The molecule has 0 bridgehead atoms. The van der Waals surface area contributed by atoms with E-state index in [4.69, 9.17) is 14.5 Å². The van der Waals surface area contributed by atoms with E-state index in [1.54, 1.807) is 0 Å². The number of alkyl halides is 6. The van der Waals surface area contributed by atoms with Crippen molar-refractivity contribution in [2.75, 3.05) is 5.32 Å². The van der Waals surface area contributed by atoms with Crippen molar-refractivity contribution in [2.24, 2.45) is 0 Å². The maximum Gasteiger partial charge on any atom is 0.573 e. The second-order valence-corrected chi connectivity index (χ2v) is 8.47. The van der Waals surface area contributed by atoms with Crippen molar-refractivity contribution in [3.63, 3.8) is 0 Å². The Hall–Kier alpha value is -3.85. The molecule has 0 unspecified atom stereocenters. The number of phosphoric ester groups is 1. The van der Waals surface area contributed by atoms with Gasteiger partial charge in [0.25, 0.3) is 11.5 Å². The molecular weight excluding hydrogens is 553 g/mol. The molecule has 0 saturated carbocycles. The van der Waals surface area contributed by atoms with Crippen LogP contribution in [0.4, 0.5) is 32.0 Å². The molecule has 0 aliphatic rings. The first-order chi connectivity index (χ1) is 17.5. The fourth-order valence-corrected chi connectivity index (χ4v) is 3.14. The largest absolute Gasteiger partial charge is 0.573 e. The van der Waals surface area contributed by atoms with Crippen molar-refractivity contribution in [2.45, 2.75) is 19.3 Å². The monoisotopic (exact) mass is 568 g/mol. The standard InChI is InChI=1S/C21H15F6N2O8P/c22-20(23,24)12-5-6-15(36-16-3-1-2-4-17(16)37-21(25,26)27)14(9-12)19(31)28-13-7-8-29(18(30)10-13)11-35-38(32,33)34/h1-10H,11H2,(H,28,31)(H2,32,33,34). The van der Waals surface area contributed by atoms with Crippen molar-refractivity contribution in [1.29, 1.82) is 0 Å². The molecule has 3 rings (SSSR count). The van der Waals surface area contributed by atoms with Gasteiger partial charge in [0.1, 0.15) is 12.5 Å². The first kappa shape index (κ1) is 28.7. The zero-order valence-electron chi connectivity index (χ0n) is 18.5. The average Bonchev–Trinajstić information content (AvgIpc) is 2.77. The minimum Gasteiger partial charge on any atom is -0.453 e. The molecule has 0 saturated heterocycles. The number of phosphoric acid groups is 1. The SMILES string of the molecule is O=C(Nc1ccn(COP(=O)(O)O)c(=O)c1)c1cc(C(F)(F)F)ccc1Oc1ccccc1OC(F)(F)F. The first-order valence-electron chi connectivity index (χ1n) is 9.98. The summed E-state index contributed by atoms with van der Waals surface area (Å²) >= 11 is 0. The Morgan fingerprint density at radius 3 is 2.18 bits per heavy atom. The minimum atomic E-state index is -5.11. The molecule has 3 aromatic rings. The molecule has 17 heteroatoms. The van der Waals surface area contributed by atoms with Gasteiger partial charge in [0.15, 0.2) is 11.5 Å². The van der Waals surface area contributed by atoms with Gasteiger partial charge in [0.2, 0.25) is 0 Å². The van der Waals surface area contributed by atoms with Gasteiger partial charge in [0.05, 0.1) is 11.1 Å². The molecule has 1 heterocycles. The van der Waals surface area contributed by atoms with E-state index in [1.807, 2.05) is 0 Å². The van der Waals surface area contributed by atoms with Gasteiger partial charge in [-0.3, -0.25) is 18.7 Å². The number of hydrogen-bond donors (Lipinski definition) is 3. The number of halogens is 6. The Bertz CT molecular complexity index is 1430. The summed E-state index contributed by atoms with van der Waals surface area (Å²) < 4.78 is 103. The molecular formula is C21H15F6N2O8P. The topological polar surface area (TPSA) is 136 Å². The number of nitrogens with one attached hydrogen (secondary N) is 1. The van der Waals surface area contributed by atoms with Crippen LogP contribution in [-0.2, 0) is 22.0 Å². The number of pyridine rings is 1. The van der Waals surface area contributed by atoms with Crippen molar-refractivity contribution in [3.05, 3.63) is 82.3 Å². The summed E-state index contributed by atoms with van der Waals surface area (Å²) in [6, 6.07) is 7.87. The molecule has 0 fully saturated rings. The number of carbonyl (C=O) groups is 1. The van der Waals surface area contributed by atoms with E-state index in [2.05, 4.69) is 14.6 Å². The highest BCUT2D eigenvalue weighted by Gasteiger charge is 2.34. The Labute approximate surface area is 208 Å². The normalized spacial score (nSPS) is 12.2. The highest BCUT2D eigenvalue weighted by Crippen LogP contribution is 2.39. The molecule has 0 atom stereocenters. The Morgan fingerprint density at radius 2 is 1.61 bits per heavy atom. The highest BCUT2D eigenvalue weighted by molar-refractivity contribution is 7.46. The highest BCUT2D eigenvalue weighted by atomic mass is 31.2. The van der Waals surface area contributed by atoms with E-state index in [0.29, 0.717) is 16.7 Å². The van der Waals surface area contributed by atoms with E-state index in [1.165, 1.54) is 12.1 Å². The zero-order chi connectivity index (χ0) is 28.3. The molecule has 2 aromatic carbocycles. The molecule has 0 radical (unpaired) electrons. The van der Waals surface area contributed by atoms with Crippen LogP contribution in [0.3, 0.4) is 0 Å². The summed E-state index contributed by atoms with van der Waals surface area (Å²) in [6.07, 6.45) is -9.04. The van der Waals surface area contributed by atoms with Crippen molar-refractivity contribution in [1.82, 2.24) is 4.57 Å². The number of aromatic nitrogens is 1. The Morgan fingerprint density at radius 1 is 0.947 bits per heavy atom. The van der Waals surface area contributed by atoms with Crippen LogP contribution in [0.15, 0.2) is 65.6 Å². The lowest BCUT2D eigenvalue weighted by Crippen LogP contribution is -2.22. The fourth-order valence-electron chi connectivity index (χ4n) is 2.86. The summed E-state index contributed by atoms with van der Waals surface area (Å²) in [6.45, 7) is -0.845. The summed E-state index contributed by atoms with van der Waals surface area (Å²) in [5.41, 5.74) is -3.18. The summed E-state index contributed by atoms with van der Waals surface area (Å²) in [4.78, 5) is 42.4. The van der Waals surface area contributed by atoms with Crippen LogP contribution in [-0.4, -0.2) is 26.6 Å². The maximum absolute atomic E-state index is 13.3. The molecule has 10 nitrogen and oxygen atoms in total. The van der Waals surface area contributed by atoms with Crippen LogP contribution in [0, 0.1) is 0 Å². The third kappa shape index (κ3) is 8.08. The molecule has 1 amide bonds. The third-order valence-electron chi connectivity index (χ3n) is 4.47. The van der Waals surface area contributed by atoms with Crippen molar-refractivity contribution >= 4 is 19.4 Å². The van der Waals surface area contributed by atoms with E-state index in [-0.39, 0.29) is 5.69 Å². The number of ether oxygens (including phenoxy) is 2. The minimum absolute atomic E-state index is 0.239. The molecule has 3 N–H and O–H groups in total. The second-order valence-electron chi connectivity index (χ2n) is 7.23. The van der Waals surface area contributed by atoms with Crippen molar-refractivity contribution < 1.29 is 59.5 Å². The first-order valence-corrected chi connectivity index (χ1v) is 11.5. The van der Waals surface area contributed by atoms with Gasteiger partial charge >= 0.3 is 20.4 Å². The number of amides is 1. The number of benzene rings is 2. The molecule has 38 heavy (non-hydrogen) atoms. The fraction of sp³-hybridized carbons (Fsp3) is 0.143. The van der Waals surface area contributed by atoms with E-state index >= 15 is 0 Å². The van der Waals surface area contributed by atoms with E-state index in [9.17, 15) is 40.5 Å². The van der Waals surface area contributed by atoms with Crippen LogP contribution < -0.4 is 20.3 Å². The smallest absolute Gasteiger partial charge is 0.453 e. The maximum atomic E-state index is 13.3. The second kappa shape index (κ2) is 10.9. The summed E-state index contributed by atoms with van der Waals surface area (Å²) in [5, 5.41) is 2.15. The zero-order valence-corrected chi connectivity index (χ0v) is 19.4. The predicted molar refractivity (Wildman–Crippen MR) is 116 cm³/mol. The van der Waals surface area contributed by atoms with Crippen LogP contribution in [0.25, 0.3) is 0 Å². The van der Waals surface area contributed by atoms with Gasteiger partial charge in [-0.25, -0.2) is 4.57 Å². The number of hydrogen-bond acceptors (Lipinski definition) is 6. The number of rotatable bonds is 8. The average molecular weight is 568 g/mol. The summed E-state index contributed by atoms with van der Waals surface area (Å²) in [5.74, 6) is -3.19. The van der Waals surface area contributed by atoms with Crippen LogP contribution in [0.5, 0.6) is 17.2 Å². The van der Waals surface area contributed by atoms with Crippen molar-refractivity contribution in [3.8, 4) is 17.2 Å². The van der Waals surface area contributed by atoms with E-state index in [0.717, 1.165) is 36.5 Å². The molecule has 1 aromatic heterocycles. The summed E-state index contributed by atoms with van der Waals surface area (Å²) in [7, 11) is -4.90. The van der Waals surface area contributed by atoms with Gasteiger partial charge in [-0.15, -0.1) is 13.2 Å². The molecule has 204 valence electrons. The van der Waals surface area contributed by atoms with Crippen LogP contribution in [0.1, 0.15) is 15.9 Å².